The highest BCUT2D eigenvalue weighted by molar-refractivity contribution is 5.36. The fraction of sp³-hybridized carbons (Fsp3) is 0.467. The number of methoxy groups -OCH3 is 1. The molecule has 0 saturated carbocycles. The molecule has 0 fully saturated rings. The van der Waals surface area contributed by atoms with Crippen molar-refractivity contribution >= 4 is 0 Å². The third kappa shape index (κ3) is 3.06. The molecule has 1 aromatic carbocycles. The maximum atomic E-state index is 5.76. The van der Waals surface area contributed by atoms with Gasteiger partial charge >= 0.3 is 0 Å². The van der Waals surface area contributed by atoms with Crippen LogP contribution in [0.5, 0.6) is 5.75 Å². The van der Waals surface area contributed by atoms with Crippen molar-refractivity contribution in [2.24, 2.45) is 5.73 Å². The van der Waals surface area contributed by atoms with E-state index < -0.39 is 0 Å². The Kier molecular flexibility index (Phi) is 4.17. The van der Waals surface area contributed by atoms with Gasteiger partial charge in [0.2, 0.25) is 5.89 Å². The molecule has 2 heterocycles. The van der Waals surface area contributed by atoms with Crippen LogP contribution < -0.4 is 10.5 Å². The summed E-state index contributed by atoms with van der Waals surface area (Å²) in [6, 6.07) is 8.04. The molecule has 3 rings (SSSR count). The lowest BCUT2D eigenvalue weighted by Crippen LogP contribution is -2.25. The monoisotopic (exact) mass is 289 g/mol. The molecule has 21 heavy (non-hydrogen) atoms. The van der Waals surface area contributed by atoms with Crippen LogP contribution in [0.4, 0.5) is 0 Å². The lowest BCUT2D eigenvalue weighted by molar-refractivity contribution is 0.102. The van der Waals surface area contributed by atoms with Crippen molar-refractivity contribution in [3.8, 4) is 5.75 Å². The average molecular weight is 289 g/mol. The van der Waals surface area contributed by atoms with Crippen molar-refractivity contribution in [1.29, 1.82) is 0 Å². The Labute approximate surface area is 123 Å². The number of hydrogen-bond donors (Lipinski definition) is 1. The topological polar surface area (TPSA) is 83.4 Å². The Morgan fingerprint density at radius 3 is 3.10 bits per heavy atom. The van der Waals surface area contributed by atoms with Crippen molar-refractivity contribution in [2.75, 3.05) is 20.3 Å². The minimum Gasteiger partial charge on any atom is -0.493 e. The highest BCUT2D eigenvalue weighted by atomic mass is 16.5. The van der Waals surface area contributed by atoms with Crippen LogP contribution in [0.15, 0.2) is 28.8 Å². The second-order valence-electron chi connectivity index (χ2n) is 5.16. The molecule has 0 spiro atoms. The van der Waals surface area contributed by atoms with Crippen LogP contribution in [0.2, 0.25) is 0 Å². The molecule has 2 aromatic rings. The number of fused-ring (bicyclic) bond motifs is 1. The summed E-state index contributed by atoms with van der Waals surface area (Å²) in [7, 11) is 1.63. The van der Waals surface area contributed by atoms with Gasteiger partial charge in [0, 0.05) is 13.7 Å². The van der Waals surface area contributed by atoms with Crippen molar-refractivity contribution in [3.63, 3.8) is 0 Å². The van der Waals surface area contributed by atoms with Gasteiger partial charge in [0.15, 0.2) is 5.82 Å². The fourth-order valence-electron chi connectivity index (χ4n) is 2.47. The molecule has 1 aliphatic rings. The van der Waals surface area contributed by atoms with E-state index in [2.05, 4.69) is 16.2 Å². The summed E-state index contributed by atoms with van der Waals surface area (Å²) in [5.74, 6) is 2.31. The summed E-state index contributed by atoms with van der Waals surface area (Å²) in [5.41, 5.74) is 6.78. The molecule has 2 unspecified atom stereocenters. The van der Waals surface area contributed by atoms with E-state index in [1.54, 1.807) is 7.11 Å². The number of nitrogens with two attached hydrogens (primary N) is 1. The van der Waals surface area contributed by atoms with Crippen molar-refractivity contribution in [3.05, 3.63) is 41.5 Å². The molecule has 0 saturated heterocycles. The smallest absolute Gasteiger partial charge is 0.229 e. The molecule has 0 bridgehead atoms. The summed E-state index contributed by atoms with van der Waals surface area (Å²) in [6.45, 7) is 0.995. The number of hydrogen-bond acceptors (Lipinski definition) is 6. The summed E-state index contributed by atoms with van der Waals surface area (Å²) >= 11 is 0. The van der Waals surface area contributed by atoms with Gasteiger partial charge in [-0.3, -0.25) is 0 Å². The number of ether oxygens (including phenoxy) is 2. The zero-order valence-corrected chi connectivity index (χ0v) is 12.0. The van der Waals surface area contributed by atoms with Crippen LogP contribution in [0.3, 0.4) is 0 Å². The molecular weight excluding hydrogens is 270 g/mol. The van der Waals surface area contributed by atoms with E-state index in [1.165, 1.54) is 5.56 Å². The van der Waals surface area contributed by atoms with E-state index in [4.69, 9.17) is 19.7 Å². The maximum Gasteiger partial charge on any atom is 0.229 e. The van der Waals surface area contributed by atoms with E-state index in [1.807, 2.05) is 18.2 Å². The van der Waals surface area contributed by atoms with Gasteiger partial charge in [0.25, 0.3) is 0 Å². The van der Waals surface area contributed by atoms with Crippen molar-refractivity contribution in [2.45, 2.75) is 24.9 Å². The van der Waals surface area contributed by atoms with Crippen LogP contribution in [0.1, 0.15) is 23.2 Å². The first kappa shape index (κ1) is 14.0. The Bertz CT molecular complexity index is 595. The molecule has 2 N–H and O–H groups in total. The third-order valence-electron chi connectivity index (χ3n) is 3.73. The van der Waals surface area contributed by atoms with Gasteiger partial charge in [0.1, 0.15) is 5.75 Å². The molecule has 112 valence electrons. The predicted molar refractivity (Wildman–Crippen MR) is 76.2 cm³/mol. The van der Waals surface area contributed by atoms with Crippen LogP contribution in [-0.2, 0) is 17.6 Å². The summed E-state index contributed by atoms with van der Waals surface area (Å²) in [6.07, 6.45) is 1.30. The lowest BCUT2D eigenvalue weighted by atomic mass is 9.96. The van der Waals surface area contributed by atoms with Crippen molar-refractivity contribution < 1.29 is 14.0 Å². The van der Waals surface area contributed by atoms with Gasteiger partial charge in [-0.25, -0.2) is 0 Å². The largest absolute Gasteiger partial charge is 0.493 e. The van der Waals surface area contributed by atoms with E-state index >= 15 is 0 Å². The molecule has 6 nitrogen and oxygen atoms in total. The Hall–Kier alpha value is -1.92. The molecular formula is C15H19N3O3. The van der Waals surface area contributed by atoms with Gasteiger partial charge < -0.3 is 19.7 Å². The number of rotatable bonds is 5. The molecule has 1 aromatic heterocycles. The molecule has 2 atom stereocenters. The standard InChI is InChI=1S/C15H19N3O3/c1-19-12(8-16)7-14-17-15(18-21-14)11-6-10-4-2-3-5-13(10)20-9-11/h2-5,11-12H,6-9,16H2,1H3. The van der Waals surface area contributed by atoms with Gasteiger partial charge in [-0.15, -0.1) is 0 Å². The Morgan fingerprint density at radius 2 is 2.29 bits per heavy atom. The second-order valence-corrected chi connectivity index (χ2v) is 5.16. The first-order chi connectivity index (χ1) is 10.3. The molecule has 0 amide bonds. The molecule has 1 aliphatic heterocycles. The van der Waals surface area contributed by atoms with E-state index in [0.717, 1.165) is 12.2 Å². The van der Waals surface area contributed by atoms with E-state index in [0.29, 0.717) is 31.3 Å². The number of benzene rings is 1. The molecule has 6 heteroatoms. The van der Waals surface area contributed by atoms with Crippen LogP contribution in [0, 0.1) is 0 Å². The number of nitrogens with zero attached hydrogens (tertiary/aromatic N) is 2. The first-order valence-electron chi connectivity index (χ1n) is 7.06. The highest BCUT2D eigenvalue weighted by Crippen LogP contribution is 2.30. The summed E-state index contributed by atoms with van der Waals surface area (Å²) < 4.78 is 16.3. The minimum absolute atomic E-state index is 0.0957. The molecule has 0 radical (unpaired) electrons. The van der Waals surface area contributed by atoms with Gasteiger partial charge in [0.05, 0.1) is 25.0 Å². The zero-order chi connectivity index (χ0) is 14.7. The van der Waals surface area contributed by atoms with E-state index in [9.17, 15) is 0 Å². The van der Waals surface area contributed by atoms with Crippen molar-refractivity contribution in [1.82, 2.24) is 10.1 Å². The first-order valence-corrected chi connectivity index (χ1v) is 7.06. The molecule has 0 aliphatic carbocycles. The van der Waals surface area contributed by atoms with Gasteiger partial charge in [-0.05, 0) is 18.1 Å². The Balaban J connectivity index is 1.70. The number of aromatic nitrogens is 2. The fourth-order valence-corrected chi connectivity index (χ4v) is 2.47. The average Bonchev–Trinajstić information content (AvgIpc) is 3.00. The second kappa shape index (κ2) is 6.24. The van der Waals surface area contributed by atoms with Gasteiger partial charge in [-0.2, -0.15) is 4.98 Å². The highest BCUT2D eigenvalue weighted by Gasteiger charge is 2.25. The minimum atomic E-state index is -0.0957. The lowest BCUT2D eigenvalue weighted by Gasteiger charge is -2.22. The predicted octanol–water partition coefficient (Wildman–Crippen LogP) is 1.30. The number of para-hydroxylation sites is 1. The SMILES string of the molecule is COC(CN)Cc1nc(C2COc3ccccc3C2)no1. The maximum absolute atomic E-state index is 5.76. The van der Waals surface area contributed by atoms with E-state index in [-0.39, 0.29) is 12.0 Å². The van der Waals surface area contributed by atoms with Gasteiger partial charge in [-0.1, -0.05) is 23.4 Å². The summed E-state index contributed by atoms with van der Waals surface area (Å²) in [4.78, 5) is 4.45. The third-order valence-corrected chi connectivity index (χ3v) is 3.73. The van der Waals surface area contributed by atoms with Crippen LogP contribution in [-0.4, -0.2) is 36.5 Å². The summed E-state index contributed by atoms with van der Waals surface area (Å²) in [5, 5.41) is 4.07. The zero-order valence-electron chi connectivity index (χ0n) is 12.0. The van der Waals surface area contributed by atoms with Crippen LogP contribution in [0.25, 0.3) is 0 Å². The normalized spacial score (nSPS) is 18.9. The Morgan fingerprint density at radius 1 is 1.43 bits per heavy atom. The quantitative estimate of drug-likeness (QED) is 0.893. The van der Waals surface area contributed by atoms with Crippen LogP contribution >= 0.6 is 0 Å².